The van der Waals surface area contributed by atoms with Gasteiger partial charge in [-0.2, -0.15) is 0 Å². The highest BCUT2D eigenvalue weighted by Crippen LogP contribution is 2.44. The van der Waals surface area contributed by atoms with Crippen LogP contribution in [0.25, 0.3) is 0 Å². The van der Waals surface area contributed by atoms with Crippen LogP contribution in [0.2, 0.25) is 10.0 Å². The number of anilines is 1. The van der Waals surface area contributed by atoms with Gasteiger partial charge in [0.25, 0.3) is 0 Å². The predicted octanol–water partition coefficient (Wildman–Crippen LogP) is 4.79. The van der Waals surface area contributed by atoms with Crippen molar-refractivity contribution in [2.45, 2.75) is 13.8 Å². The van der Waals surface area contributed by atoms with Gasteiger partial charge < -0.3 is 4.90 Å². The highest BCUT2D eigenvalue weighted by molar-refractivity contribution is 8.05. The molecule has 0 spiro atoms. The van der Waals surface area contributed by atoms with E-state index in [-0.39, 0.29) is 0 Å². The van der Waals surface area contributed by atoms with E-state index in [1.165, 1.54) is 4.91 Å². The molecule has 15 heavy (non-hydrogen) atoms. The molecular formula is C11H9Cl2NS. The van der Waals surface area contributed by atoms with E-state index in [1.807, 2.05) is 30.0 Å². The number of hydrogen-bond acceptors (Lipinski definition) is 2. The lowest BCUT2D eigenvalue weighted by Gasteiger charge is -2.20. The Kier molecular flexibility index (Phi) is 3.19. The summed E-state index contributed by atoms with van der Waals surface area (Å²) in [4.78, 5) is 3.12. The van der Waals surface area contributed by atoms with Crippen LogP contribution in [-0.4, -0.2) is 0 Å². The molecule has 0 atom stereocenters. The van der Waals surface area contributed by atoms with Crippen LogP contribution >= 0.6 is 35.0 Å². The number of nitrogens with zero attached hydrogens (tertiary/aromatic N) is 1. The number of thioether (sulfide) groups is 1. The number of benzene rings is 1. The Morgan fingerprint density at radius 3 is 2.27 bits per heavy atom. The molecule has 0 N–H and O–H groups in total. The maximum atomic E-state index is 6.12. The summed E-state index contributed by atoms with van der Waals surface area (Å²) in [6.45, 7) is 4.08. The highest BCUT2D eigenvalue weighted by Gasteiger charge is 2.23. The lowest BCUT2D eigenvalue weighted by Crippen LogP contribution is -2.13. The fraction of sp³-hybridized carbons (Fsp3) is 0.182. The number of allylic oxidation sites excluding steroid dienone is 2. The van der Waals surface area contributed by atoms with Crippen molar-refractivity contribution in [2.24, 2.45) is 0 Å². The SMILES string of the molecule is CC1=C(C)N(c2c(Cl)cccc2Cl)[C]S1. The lowest BCUT2D eigenvalue weighted by atomic mass is 10.2. The second kappa shape index (κ2) is 4.28. The number of halogens is 2. The van der Waals surface area contributed by atoms with Gasteiger partial charge in [0.15, 0.2) is 5.88 Å². The Balaban J connectivity index is 2.47. The van der Waals surface area contributed by atoms with E-state index < -0.39 is 0 Å². The molecule has 0 amide bonds. The Bertz CT molecular complexity index is 408. The van der Waals surface area contributed by atoms with E-state index >= 15 is 0 Å². The summed E-state index contributed by atoms with van der Waals surface area (Å²) in [5, 5.41) is 1.29. The predicted molar refractivity (Wildman–Crippen MR) is 68.1 cm³/mol. The molecule has 0 fully saturated rings. The van der Waals surface area contributed by atoms with Crippen molar-refractivity contribution in [3.8, 4) is 0 Å². The minimum Gasteiger partial charge on any atom is -0.320 e. The molecule has 4 heteroatoms. The van der Waals surface area contributed by atoms with Crippen LogP contribution in [0.5, 0.6) is 0 Å². The topological polar surface area (TPSA) is 3.24 Å². The van der Waals surface area contributed by atoms with Crippen molar-refractivity contribution in [3.63, 3.8) is 0 Å². The van der Waals surface area contributed by atoms with Gasteiger partial charge in [0.05, 0.1) is 15.7 Å². The number of para-hydroxylation sites is 1. The van der Waals surface area contributed by atoms with Crippen molar-refractivity contribution in [1.29, 1.82) is 0 Å². The first kappa shape index (κ1) is 11.2. The zero-order chi connectivity index (χ0) is 11.0. The molecule has 1 nitrogen and oxygen atoms in total. The third-order valence-corrected chi connectivity index (χ3v) is 3.78. The third kappa shape index (κ3) is 1.99. The summed E-state index contributed by atoms with van der Waals surface area (Å²) in [5.74, 6) is 3.16. The van der Waals surface area contributed by atoms with Crippen LogP contribution in [0.15, 0.2) is 28.8 Å². The zero-order valence-corrected chi connectivity index (χ0v) is 10.7. The molecule has 2 radical (unpaired) electrons. The molecule has 1 heterocycles. The highest BCUT2D eigenvalue weighted by atomic mass is 35.5. The molecule has 1 aromatic carbocycles. The van der Waals surface area contributed by atoms with Gasteiger partial charge in [0, 0.05) is 10.6 Å². The van der Waals surface area contributed by atoms with Crippen LogP contribution < -0.4 is 4.90 Å². The quantitative estimate of drug-likeness (QED) is 0.712. The fourth-order valence-electron chi connectivity index (χ4n) is 1.33. The van der Waals surface area contributed by atoms with E-state index in [9.17, 15) is 0 Å². The van der Waals surface area contributed by atoms with Crippen LogP contribution in [0.4, 0.5) is 5.69 Å². The molecular weight excluding hydrogens is 249 g/mol. The van der Waals surface area contributed by atoms with E-state index in [0.29, 0.717) is 10.0 Å². The Hall–Kier alpha value is -0.310. The van der Waals surface area contributed by atoms with Crippen molar-refractivity contribution >= 4 is 40.7 Å². The van der Waals surface area contributed by atoms with Crippen molar-refractivity contribution in [2.75, 3.05) is 4.90 Å². The molecule has 1 aliphatic rings. The lowest BCUT2D eigenvalue weighted by molar-refractivity contribution is 1.14. The smallest absolute Gasteiger partial charge is 0.169 e. The Morgan fingerprint density at radius 2 is 1.80 bits per heavy atom. The molecule has 0 aliphatic carbocycles. The van der Waals surface area contributed by atoms with Gasteiger partial charge in [0.2, 0.25) is 0 Å². The molecule has 0 saturated carbocycles. The summed E-state index contributed by atoms with van der Waals surface area (Å²) in [5.41, 5.74) is 1.93. The van der Waals surface area contributed by atoms with Crippen molar-refractivity contribution in [3.05, 3.63) is 44.7 Å². The van der Waals surface area contributed by atoms with Crippen LogP contribution in [0.1, 0.15) is 13.8 Å². The largest absolute Gasteiger partial charge is 0.320 e. The molecule has 2 rings (SSSR count). The average molecular weight is 258 g/mol. The molecule has 0 saturated heterocycles. The third-order valence-electron chi connectivity index (χ3n) is 2.30. The maximum Gasteiger partial charge on any atom is 0.169 e. The zero-order valence-electron chi connectivity index (χ0n) is 8.34. The summed E-state index contributed by atoms with van der Waals surface area (Å²) in [6.07, 6.45) is 0. The van der Waals surface area contributed by atoms with Crippen molar-refractivity contribution in [1.82, 2.24) is 0 Å². The van der Waals surface area contributed by atoms with E-state index in [4.69, 9.17) is 23.2 Å². The van der Waals surface area contributed by atoms with Gasteiger partial charge in [-0.3, -0.25) is 0 Å². The standard InChI is InChI=1S/C11H9Cl2NS/c1-7-8(2)15-6-14(7)11-9(12)4-3-5-10(11)13/h3-5H,1-2H3. The normalized spacial score (nSPS) is 16.4. The fourth-order valence-corrected chi connectivity index (χ4v) is 2.59. The first-order valence-electron chi connectivity index (χ1n) is 4.45. The minimum absolute atomic E-state index is 0.643. The molecule has 1 aliphatic heterocycles. The molecule has 0 bridgehead atoms. The maximum absolute atomic E-state index is 6.12. The Morgan fingerprint density at radius 1 is 1.20 bits per heavy atom. The van der Waals surface area contributed by atoms with Gasteiger partial charge in [-0.25, -0.2) is 0 Å². The summed E-state index contributed by atoms with van der Waals surface area (Å²) in [7, 11) is 0. The molecule has 1 aromatic rings. The van der Waals surface area contributed by atoms with Crippen molar-refractivity contribution < 1.29 is 0 Å². The first-order chi connectivity index (χ1) is 7.11. The van der Waals surface area contributed by atoms with Crippen LogP contribution in [-0.2, 0) is 0 Å². The monoisotopic (exact) mass is 257 g/mol. The van der Waals surface area contributed by atoms with Gasteiger partial charge >= 0.3 is 0 Å². The van der Waals surface area contributed by atoms with Gasteiger partial charge in [0.1, 0.15) is 0 Å². The molecule has 0 aromatic heterocycles. The number of hydrogen-bond donors (Lipinski definition) is 0. The first-order valence-corrected chi connectivity index (χ1v) is 6.02. The summed E-state index contributed by atoms with van der Waals surface area (Å²) < 4.78 is 0. The van der Waals surface area contributed by atoms with Gasteiger partial charge in [-0.05, 0) is 26.0 Å². The average Bonchev–Trinajstić information content (AvgIpc) is 2.49. The second-order valence-electron chi connectivity index (χ2n) is 3.24. The number of rotatable bonds is 1. The Labute approximate surface area is 104 Å². The van der Waals surface area contributed by atoms with Crippen LogP contribution in [0.3, 0.4) is 0 Å². The van der Waals surface area contributed by atoms with E-state index in [2.05, 4.69) is 12.8 Å². The molecule has 0 unspecified atom stereocenters. The minimum atomic E-state index is 0.643. The van der Waals surface area contributed by atoms with Gasteiger partial charge in [-0.15, -0.1) is 0 Å². The summed E-state index contributed by atoms with van der Waals surface area (Å²) in [6, 6.07) is 5.50. The van der Waals surface area contributed by atoms with E-state index in [1.54, 1.807) is 11.8 Å². The van der Waals surface area contributed by atoms with E-state index in [0.717, 1.165) is 11.4 Å². The molecule has 78 valence electrons. The van der Waals surface area contributed by atoms with Crippen LogP contribution in [0, 0.1) is 5.88 Å². The summed E-state index contributed by atoms with van der Waals surface area (Å²) >= 11 is 13.8. The second-order valence-corrected chi connectivity index (χ2v) is 5.05. The van der Waals surface area contributed by atoms with Gasteiger partial charge in [-0.1, -0.05) is 41.0 Å².